The van der Waals surface area contributed by atoms with Crippen molar-refractivity contribution in [2.75, 3.05) is 6.61 Å². The molecular weight excluding hydrogens is 263 g/mol. The van der Waals surface area contributed by atoms with Gasteiger partial charge < -0.3 is 4.74 Å². The lowest BCUT2D eigenvalue weighted by atomic mass is 9.86. The van der Waals surface area contributed by atoms with Gasteiger partial charge in [-0.15, -0.1) is 0 Å². The normalized spacial score (nSPS) is 19.0. The summed E-state index contributed by atoms with van der Waals surface area (Å²) in [4.78, 5) is 0. The Kier molecular flexibility index (Phi) is 4.62. The molecule has 2 fully saturated rings. The van der Waals surface area contributed by atoms with Crippen molar-refractivity contribution in [3.05, 3.63) is 41.2 Å². The molecule has 2 aliphatic rings. The van der Waals surface area contributed by atoms with Crippen LogP contribution in [0.25, 0.3) is 0 Å². The molecule has 2 aliphatic carbocycles. The predicted octanol–water partition coefficient (Wildman–Crippen LogP) is 5.21. The Morgan fingerprint density at radius 3 is 2.71 bits per heavy atom. The first-order chi connectivity index (χ1) is 10.2. The number of hydrogen-bond acceptors (Lipinski definition) is 1. The van der Waals surface area contributed by atoms with Crippen LogP contribution in [0.1, 0.15) is 49.7 Å². The summed E-state index contributed by atoms with van der Waals surface area (Å²) >= 11 is 0. The molecule has 3 rings (SSSR count). The average molecular weight is 288 g/mol. The molecule has 21 heavy (non-hydrogen) atoms. The molecule has 0 amide bonds. The first kappa shape index (κ1) is 14.6. The number of allylic oxidation sites excluding steroid dienone is 2. The highest BCUT2D eigenvalue weighted by Gasteiger charge is 2.19. The van der Waals surface area contributed by atoms with E-state index < -0.39 is 0 Å². The van der Waals surface area contributed by atoms with Gasteiger partial charge in [0.15, 0.2) is 11.6 Å². The second-order valence-electron chi connectivity index (χ2n) is 6.57. The highest BCUT2D eigenvalue weighted by atomic mass is 19.1. The van der Waals surface area contributed by atoms with Gasteiger partial charge in [-0.2, -0.15) is 0 Å². The number of halogens is 1. The van der Waals surface area contributed by atoms with E-state index in [0.29, 0.717) is 18.3 Å². The smallest absolute Gasteiger partial charge is 0.168 e. The largest absolute Gasteiger partial charge is 0.490 e. The first-order valence-corrected chi connectivity index (χ1v) is 8.31. The van der Waals surface area contributed by atoms with E-state index in [1.165, 1.54) is 32.1 Å². The summed E-state index contributed by atoms with van der Waals surface area (Å²) < 4.78 is 20.0. The van der Waals surface area contributed by atoms with E-state index in [2.05, 4.69) is 12.2 Å². The van der Waals surface area contributed by atoms with Crippen molar-refractivity contribution in [2.24, 2.45) is 11.8 Å². The van der Waals surface area contributed by atoms with Gasteiger partial charge in [-0.3, -0.25) is 0 Å². The molecule has 2 heteroatoms. The first-order valence-electron chi connectivity index (χ1n) is 8.31. The van der Waals surface area contributed by atoms with Gasteiger partial charge in [0.2, 0.25) is 0 Å². The monoisotopic (exact) mass is 288 g/mol. The minimum atomic E-state index is -0.169. The highest BCUT2D eigenvalue weighted by Crippen LogP contribution is 2.31. The number of hydrogen-bond donors (Lipinski definition) is 0. The van der Waals surface area contributed by atoms with E-state index >= 15 is 0 Å². The summed E-state index contributed by atoms with van der Waals surface area (Å²) in [6, 6.07) is 3.83. The molecule has 0 heterocycles. The molecule has 1 nitrogen and oxygen atoms in total. The third-order valence-corrected chi connectivity index (χ3v) is 4.77. The summed E-state index contributed by atoms with van der Waals surface area (Å²) in [7, 11) is 0. The lowest BCUT2D eigenvalue weighted by Crippen LogP contribution is -2.19. The van der Waals surface area contributed by atoms with Crippen molar-refractivity contribution in [1.29, 1.82) is 0 Å². The van der Waals surface area contributed by atoms with Crippen LogP contribution >= 0.6 is 0 Å². The van der Waals surface area contributed by atoms with E-state index in [9.17, 15) is 4.39 Å². The molecule has 2 saturated carbocycles. The van der Waals surface area contributed by atoms with Crippen LogP contribution in [0.5, 0.6) is 5.75 Å². The number of aryl methyl sites for hydroxylation is 1. The Bertz CT molecular complexity index is 513. The van der Waals surface area contributed by atoms with Crippen molar-refractivity contribution < 1.29 is 9.13 Å². The molecule has 0 N–H and O–H groups in total. The van der Waals surface area contributed by atoms with Gasteiger partial charge in [0.1, 0.15) is 0 Å². The summed E-state index contributed by atoms with van der Waals surface area (Å²) in [5.74, 6) is 1.72. The summed E-state index contributed by atoms with van der Waals surface area (Å²) in [5.41, 5.74) is 1.85. The maximum atomic E-state index is 14.3. The van der Waals surface area contributed by atoms with Crippen LogP contribution in [0.15, 0.2) is 24.3 Å². The van der Waals surface area contributed by atoms with Gasteiger partial charge >= 0.3 is 0 Å². The van der Waals surface area contributed by atoms with Gasteiger partial charge in [0, 0.05) is 0 Å². The minimum Gasteiger partial charge on any atom is -0.490 e. The number of benzene rings is 1. The molecule has 0 radical (unpaired) electrons. The van der Waals surface area contributed by atoms with Crippen LogP contribution in [0.3, 0.4) is 0 Å². The molecule has 0 aromatic heterocycles. The van der Waals surface area contributed by atoms with E-state index in [1.54, 1.807) is 6.07 Å². The Balaban J connectivity index is 1.55. The van der Waals surface area contributed by atoms with Crippen LogP contribution in [-0.2, 0) is 6.42 Å². The zero-order chi connectivity index (χ0) is 14.7. The molecule has 0 spiro atoms. The van der Waals surface area contributed by atoms with Gasteiger partial charge in [-0.25, -0.2) is 4.39 Å². The van der Waals surface area contributed by atoms with Crippen molar-refractivity contribution in [2.45, 2.75) is 51.9 Å². The second-order valence-corrected chi connectivity index (χ2v) is 6.57. The van der Waals surface area contributed by atoms with Crippen molar-refractivity contribution in [1.82, 2.24) is 0 Å². The third-order valence-electron chi connectivity index (χ3n) is 4.77. The Morgan fingerprint density at radius 2 is 2.05 bits per heavy atom. The summed E-state index contributed by atoms with van der Waals surface area (Å²) in [6.45, 7) is 2.53. The Morgan fingerprint density at radius 1 is 1.24 bits per heavy atom. The fourth-order valence-electron chi connectivity index (χ4n) is 2.77. The quantitative estimate of drug-likeness (QED) is 0.626. The van der Waals surface area contributed by atoms with Gasteiger partial charge in [0.05, 0.1) is 6.61 Å². The summed E-state index contributed by atoms with van der Waals surface area (Å²) in [5, 5.41) is 0. The SMILES string of the molecule is Cc1c(CC/C=C/C2CC2)ccc(OCC2CCC2)c1F. The highest BCUT2D eigenvalue weighted by molar-refractivity contribution is 5.37. The second kappa shape index (κ2) is 6.64. The molecule has 0 saturated heterocycles. The molecule has 1 aromatic rings. The van der Waals surface area contributed by atoms with Crippen LogP contribution in [-0.4, -0.2) is 6.61 Å². The molecule has 0 aliphatic heterocycles. The zero-order valence-electron chi connectivity index (χ0n) is 12.9. The summed E-state index contributed by atoms with van der Waals surface area (Å²) in [6.07, 6.45) is 12.9. The van der Waals surface area contributed by atoms with Crippen LogP contribution in [0.4, 0.5) is 4.39 Å². The van der Waals surface area contributed by atoms with E-state index in [-0.39, 0.29) is 5.82 Å². The topological polar surface area (TPSA) is 9.23 Å². The van der Waals surface area contributed by atoms with Crippen LogP contribution in [0.2, 0.25) is 0 Å². The zero-order valence-corrected chi connectivity index (χ0v) is 12.9. The number of rotatable bonds is 7. The third kappa shape index (κ3) is 3.87. The number of ether oxygens (including phenoxy) is 1. The maximum Gasteiger partial charge on any atom is 0.168 e. The van der Waals surface area contributed by atoms with E-state index in [1.807, 2.05) is 13.0 Å². The maximum absolute atomic E-state index is 14.3. The van der Waals surface area contributed by atoms with E-state index in [4.69, 9.17) is 4.74 Å². The minimum absolute atomic E-state index is 0.169. The predicted molar refractivity (Wildman–Crippen MR) is 84.2 cm³/mol. The molecule has 114 valence electrons. The van der Waals surface area contributed by atoms with Gasteiger partial charge in [-0.05, 0) is 74.5 Å². The van der Waals surface area contributed by atoms with E-state index in [0.717, 1.165) is 29.9 Å². The Labute approximate surface area is 127 Å². The average Bonchev–Trinajstić information content (AvgIpc) is 3.24. The molecule has 1 aromatic carbocycles. The van der Waals surface area contributed by atoms with Crippen LogP contribution in [0, 0.1) is 24.6 Å². The lowest BCUT2D eigenvalue weighted by molar-refractivity contribution is 0.175. The lowest BCUT2D eigenvalue weighted by Gasteiger charge is -2.25. The molecule has 0 atom stereocenters. The standard InChI is InChI=1S/C19H25FO/c1-14-17(8-3-2-5-15-9-10-15)11-12-18(19(14)20)21-13-16-6-4-7-16/h2,5,11-12,15-16H,3-4,6-10,13H2,1H3/b5-2+. The molecule has 0 bridgehead atoms. The molecule has 0 unspecified atom stereocenters. The molecular formula is C19H25FO. The van der Waals surface area contributed by atoms with Crippen molar-refractivity contribution >= 4 is 0 Å². The van der Waals surface area contributed by atoms with Crippen LogP contribution < -0.4 is 4.74 Å². The Hall–Kier alpha value is -1.31. The van der Waals surface area contributed by atoms with Gasteiger partial charge in [-0.1, -0.05) is 24.6 Å². The fraction of sp³-hybridized carbons (Fsp3) is 0.579. The van der Waals surface area contributed by atoms with Crippen molar-refractivity contribution in [3.63, 3.8) is 0 Å². The van der Waals surface area contributed by atoms with Gasteiger partial charge in [0.25, 0.3) is 0 Å². The van der Waals surface area contributed by atoms with Crippen molar-refractivity contribution in [3.8, 4) is 5.75 Å². The fourth-order valence-corrected chi connectivity index (χ4v) is 2.77.